The van der Waals surface area contributed by atoms with E-state index in [0.717, 1.165) is 32.2 Å². The molecule has 0 aromatic heterocycles. The Morgan fingerprint density at radius 2 is 1.77 bits per heavy atom. The molecule has 0 N–H and O–H groups in total. The van der Waals surface area contributed by atoms with Gasteiger partial charge in [0.25, 0.3) is 0 Å². The van der Waals surface area contributed by atoms with Gasteiger partial charge >= 0.3 is 7.75 Å². The molecule has 0 bridgehead atoms. The smallest absolute Gasteiger partial charge is 0.413 e. The van der Waals surface area contributed by atoms with Crippen LogP contribution in [0.4, 0.5) is 11.4 Å². The minimum atomic E-state index is -3.46. The van der Waals surface area contributed by atoms with E-state index in [1.165, 1.54) is 33.2 Å². The minimum absolute atomic E-state index is 0.118. The highest BCUT2D eigenvalue weighted by Crippen LogP contribution is 2.55. The second-order valence-electron chi connectivity index (χ2n) is 8.71. The van der Waals surface area contributed by atoms with Crippen LogP contribution in [0.1, 0.15) is 25.7 Å². The summed E-state index contributed by atoms with van der Waals surface area (Å²) >= 11 is 3.60. The fourth-order valence-electron chi connectivity index (χ4n) is 4.87. The Bertz CT molecular complexity index is 1210. The summed E-state index contributed by atoms with van der Waals surface area (Å²) in [5.41, 5.74) is 2.49. The van der Waals surface area contributed by atoms with Crippen molar-refractivity contribution in [3.05, 3.63) is 72.8 Å². The number of rotatable bonds is 8. The molecule has 3 aromatic rings. The molecule has 3 aromatic carbocycles. The van der Waals surface area contributed by atoms with E-state index >= 15 is 0 Å². The molecule has 0 amide bonds. The van der Waals surface area contributed by atoms with Gasteiger partial charge in [-0.05, 0) is 68.0 Å². The van der Waals surface area contributed by atoms with E-state index in [1.54, 1.807) is 11.8 Å². The summed E-state index contributed by atoms with van der Waals surface area (Å²) in [5, 5.41) is 0. The van der Waals surface area contributed by atoms with Crippen molar-refractivity contribution in [2.45, 2.75) is 46.4 Å². The van der Waals surface area contributed by atoms with Crippen LogP contribution in [0.3, 0.4) is 0 Å². The van der Waals surface area contributed by atoms with E-state index in [1.807, 2.05) is 46.8 Å². The predicted molar refractivity (Wildman–Crippen MR) is 146 cm³/mol. The van der Waals surface area contributed by atoms with Crippen molar-refractivity contribution in [2.24, 2.45) is 0 Å². The van der Waals surface area contributed by atoms with Crippen molar-refractivity contribution >= 4 is 42.6 Å². The molecule has 5 rings (SSSR count). The van der Waals surface area contributed by atoms with Gasteiger partial charge in [0, 0.05) is 40.9 Å². The summed E-state index contributed by atoms with van der Waals surface area (Å²) in [4.78, 5) is 6.24. The number of anilines is 2. The summed E-state index contributed by atoms with van der Waals surface area (Å²) in [7, 11) is -1.97. The topological polar surface area (TPSA) is 42.0 Å². The lowest BCUT2D eigenvalue weighted by Gasteiger charge is -2.40. The van der Waals surface area contributed by atoms with Crippen molar-refractivity contribution in [1.82, 2.24) is 4.67 Å². The third-order valence-electron chi connectivity index (χ3n) is 6.62. The van der Waals surface area contributed by atoms with E-state index < -0.39 is 7.75 Å². The van der Waals surface area contributed by atoms with Crippen LogP contribution in [0.5, 0.6) is 5.75 Å². The zero-order valence-electron chi connectivity index (χ0n) is 20.1. The SMILES string of the molecule is COP(=O)(Oc1ccccc1)N1CCCCC1CCN1c2ccccc2Sc2ccc(SC)cc21. The number of nitrogens with zero attached hydrogens (tertiary/aromatic N) is 2. The van der Waals surface area contributed by atoms with Crippen LogP contribution in [0.2, 0.25) is 0 Å². The van der Waals surface area contributed by atoms with Crippen LogP contribution in [0.25, 0.3) is 0 Å². The molecule has 0 saturated carbocycles. The second-order valence-corrected chi connectivity index (χ2v) is 12.7. The first-order valence-electron chi connectivity index (χ1n) is 12.0. The number of para-hydroxylation sites is 2. The highest BCUT2D eigenvalue weighted by Gasteiger charge is 2.41. The van der Waals surface area contributed by atoms with Crippen molar-refractivity contribution in [1.29, 1.82) is 0 Å². The highest BCUT2D eigenvalue weighted by molar-refractivity contribution is 8.00. The molecular weight excluding hydrogens is 495 g/mol. The second kappa shape index (κ2) is 11.0. The first kappa shape index (κ1) is 24.8. The molecule has 2 atom stereocenters. The van der Waals surface area contributed by atoms with Gasteiger partial charge in [-0.25, -0.2) is 4.57 Å². The largest absolute Gasteiger partial charge is 0.461 e. The highest BCUT2D eigenvalue weighted by atomic mass is 32.2. The average Bonchev–Trinajstić information content (AvgIpc) is 2.91. The Kier molecular flexibility index (Phi) is 7.80. The van der Waals surface area contributed by atoms with Gasteiger partial charge in [0.1, 0.15) is 5.75 Å². The average molecular weight is 527 g/mol. The van der Waals surface area contributed by atoms with Gasteiger partial charge in [-0.2, -0.15) is 4.67 Å². The molecule has 0 spiro atoms. The van der Waals surface area contributed by atoms with Crippen LogP contribution in [0, 0.1) is 0 Å². The lowest BCUT2D eigenvalue weighted by Crippen LogP contribution is -2.40. The molecule has 184 valence electrons. The Morgan fingerprint density at radius 3 is 2.57 bits per heavy atom. The summed E-state index contributed by atoms with van der Waals surface area (Å²) in [6.45, 7) is 1.54. The van der Waals surface area contributed by atoms with E-state index in [0.29, 0.717) is 12.3 Å². The van der Waals surface area contributed by atoms with Gasteiger partial charge in [-0.1, -0.05) is 48.5 Å². The third-order valence-corrected chi connectivity index (χ3v) is 10.5. The van der Waals surface area contributed by atoms with Crippen molar-refractivity contribution in [2.75, 3.05) is 31.4 Å². The molecule has 2 aliphatic rings. The lowest BCUT2D eigenvalue weighted by molar-refractivity contribution is 0.172. The Labute approximate surface area is 216 Å². The lowest BCUT2D eigenvalue weighted by atomic mass is 10.0. The first-order valence-corrected chi connectivity index (χ1v) is 15.5. The number of benzene rings is 3. The fourth-order valence-corrected chi connectivity index (χ4v) is 8.17. The van der Waals surface area contributed by atoms with Gasteiger partial charge in [-0.15, -0.1) is 11.8 Å². The zero-order valence-corrected chi connectivity index (χ0v) is 22.7. The van der Waals surface area contributed by atoms with E-state index in [-0.39, 0.29) is 6.04 Å². The molecule has 5 nitrogen and oxygen atoms in total. The standard InChI is InChI=1S/C27H31N2O3PS2/c1-31-33(30,32-22-11-4-3-5-12-22)29-18-9-8-10-21(29)17-19-28-24-13-6-7-14-26(24)35-27-16-15-23(34-2)20-25(27)28/h3-7,11-16,20-21H,8-10,17-19H2,1-2H3. The number of hydrogen-bond acceptors (Lipinski definition) is 6. The molecule has 2 unspecified atom stereocenters. The maximum Gasteiger partial charge on any atom is 0.461 e. The number of fused-ring (bicyclic) bond motifs is 2. The Hall–Kier alpha value is -1.89. The molecule has 35 heavy (non-hydrogen) atoms. The van der Waals surface area contributed by atoms with Gasteiger partial charge in [0.05, 0.1) is 11.4 Å². The minimum Gasteiger partial charge on any atom is -0.413 e. The predicted octanol–water partition coefficient (Wildman–Crippen LogP) is 8.09. The summed E-state index contributed by atoms with van der Waals surface area (Å²) in [6.07, 6.45) is 6.08. The summed E-state index contributed by atoms with van der Waals surface area (Å²) < 4.78 is 27.5. The van der Waals surface area contributed by atoms with Gasteiger partial charge in [0.15, 0.2) is 0 Å². The molecule has 2 heterocycles. The number of hydrogen-bond donors (Lipinski definition) is 0. The normalized spacial score (nSPS) is 19.5. The molecule has 1 saturated heterocycles. The first-order chi connectivity index (χ1) is 17.1. The summed E-state index contributed by atoms with van der Waals surface area (Å²) in [6, 6.07) is 24.8. The maximum absolute atomic E-state index is 13.9. The van der Waals surface area contributed by atoms with Gasteiger partial charge in [0.2, 0.25) is 0 Å². The van der Waals surface area contributed by atoms with Crippen LogP contribution in [0.15, 0.2) is 87.5 Å². The van der Waals surface area contributed by atoms with E-state index in [2.05, 4.69) is 53.6 Å². The zero-order chi connectivity index (χ0) is 24.3. The van der Waals surface area contributed by atoms with Crippen molar-refractivity contribution in [3.63, 3.8) is 0 Å². The van der Waals surface area contributed by atoms with Crippen LogP contribution in [-0.2, 0) is 9.09 Å². The Balaban J connectivity index is 1.40. The summed E-state index contributed by atoms with van der Waals surface area (Å²) in [5.74, 6) is 0.572. The number of thioether (sulfide) groups is 1. The molecular formula is C27H31N2O3PS2. The van der Waals surface area contributed by atoms with Crippen LogP contribution in [-0.4, -0.2) is 37.2 Å². The van der Waals surface area contributed by atoms with Gasteiger partial charge < -0.3 is 9.42 Å². The molecule has 1 fully saturated rings. The quantitative estimate of drug-likeness (QED) is 0.217. The fraction of sp³-hybridized carbons (Fsp3) is 0.333. The van der Waals surface area contributed by atoms with Crippen molar-refractivity contribution in [3.8, 4) is 5.75 Å². The Morgan fingerprint density at radius 1 is 1.00 bits per heavy atom. The van der Waals surface area contributed by atoms with Crippen LogP contribution < -0.4 is 9.42 Å². The molecule has 0 aliphatic carbocycles. The van der Waals surface area contributed by atoms with Crippen molar-refractivity contribution < 1.29 is 13.6 Å². The third kappa shape index (κ3) is 5.30. The van der Waals surface area contributed by atoms with Gasteiger partial charge in [-0.3, -0.25) is 4.52 Å². The number of piperidine rings is 1. The van der Waals surface area contributed by atoms with Crippen LogP contribution >= 0.6 is 31.3 Å². The molecule has 0 radical (unpaired) electrons. The molecule has 8 heteroatoms. The monoisotopic (exact) mass is 526 g/mol. The maximum atomic E-state index is 13.9. The van der Waals surface area contributed by atoms with E-state index in [9.17, 15) is 4.57 Å². The molecule has 2 aliphatic heterocycles. The van der Waals surface area contributed by atoms with E-state index in [4.69, 9.17) is 9.05 Å².